The number of phenols is 2. The summed E-state index contributed by atoms with van der Waals surface area (Å²) in [7, 11) is 5.73. The lowest BCUT2D eigenvalue weighted by molar-refractivity contribution is -0.121. The average Bonchev–Trinajstić information content (AvgIpc) is 2.79. The molecule has 172 valence electrons. The molecular formula is C22H30O9. The van der Waals surface area contributed by atoms with Crippen LogP contribution in [0.2, 0.25) is 0 Å². The van der Waals surface area contributed by atoms with Crippen molar-refractivity contribution in [1.29, 1.82) is 0 Å². The Balaban J connectivity index is 2.26. The van der Waals surface area contributed by atoms with Gasteiger partial charge in [0, 0.05) is 13.5 Å². The first-order valence-electron chi connectivity index (χ1n) is 9.63. The Kier molecular flexibility index (Phi) is 9.20. The molecule has 0 spiro atoms. The number of benzene rings is 2. The van der Waals surface area contributed by atoms with E-state index in [1.165, 1.54) is 34.5 Å². The van der Waals surface area contributed by atoms with Gasteiger partial charge in [-0.15, -0.1) is 0 Å². The molecule has 0 aliphatic heterocycles. The summed E-state index contributed by atoms with van der Waals surface area (Å²) < 4.78 is 27.0. The highest BCUT2D eigenvalue weighted by Gasteiger charge is 2.28. The highest BCUT2D eigenvalue weighted by atomic mass is 16.6. The summed E-state index contributed by atoms with van der Waals surface area (Å²) >= 11 is 0. The number of rotatable bonds is 12. The van der Waals surface area contributed by atoms with Crippen molar-refractivity contribution in [2.75, 3.05) is 41.7 Å². The molecule has 0 bridgehead atoms. The first kappa shape index (κ1) is 24.5. The van der Waals surface area contributed by atoms with E-state index in [4.69, 9.17) is 23.7 Å². The van der Waals surface area contributed by atoms with Crippen LogP contribution in [0.15, 0.2) is 30.3 Å². The average molecular weight is 438 g/mol. The number of ether oxygens (including phenoxy) is 5. The molecule has 0 unspecified atom stereocenters. The summed E-state index contributed by atoms with van der Waals surface area (Å²) in [4.78, 5) is 0. The summed E-state index contributed by atoms with van der Waals surface area (Å²) in [5.41, 5.74) is 1.32. The van der Waals surface area contributed by atoms with Crippen LogP contribution in [0.25, 0.3) is 0 Å². The minimum absolute atomic E-state index is 0.00984. The lowest BCUT2D eigenvalue weighted by Crippen LogP contribution is -2.34. The highest BCUT2D eigenvalue weighted by molar-refractivity contribution is 5.53. The van der Waals surface area contributed by atoms with Gasteiger partial charge in [-0.2, -0.15) is 0 Å². The number of aliphatic hydroxyl groups is 2. The Hall–Kier alpha value is -2.72. The van der Waals surface area contributed by atoms with Crippen LogP contribution < -0.4 is 14.2 Å². The molecule has 0 aliphatic carbocycles. The maximum atomic E-state index is 10.1. The van der Waals surface area contributed by atoms with Crippen LogP contribution in [0.5, 0.6) is 28.7 Å². The van der Waals surface area contributed by atoms with Crippen LogP contribution >= 0.6 is 0 Å². The van der Waals surface area contributed by atoms with Crippen molar-refractivity contribution in [3.63, 3.8) is 0 Å². The van der Waals surface area contributed by atoms with Crippen LogP contribution in [0.3, 0.4) is 0 Å². The summed E-state index contributed by atoms with van der Waals surface area (Å²) in [5, 5.41) is 39.7. The number of aromatic hydroxyl groups is 2. The molecule has 0 saturated heterocycles. The molecule has 9 nitrogen and oxygen atoms in total. The molecule has 2 rings (SSSR count). The van der Waals surface area contributed by atoms with Gasteiger partial charge in [0.2, 0.25) is 5.75 Å². The summed E-state index contributed by atoms with van der Waals surface area (Å²) in [6.45, 7) is -0.697. The Morgan fingerprint density at radius 2 is 1.42 bits per heavy atom. The molecule has 0 fully saturated rings. The van der Waals surface area contributed by atoms with Crippen molar-refractivity contribution in [3.8, 4) is 28.7 Å². The van der Waals surface area contributed by atoms with Crippen molar-refractivity contribution < 1.29 is 44.1 Å². The van der Waals surface area contributed by atoms with E-state index in [-0.39, 0.29) is 36.2 Å². The minimum atomic E-state index is -0.833. The van der Waals surface area contributed by atoms with Gasteiger partial charge in [0.1, 0.15) is 12.2 Å². The lowest BCUT2D eigenvalue weighted by atomic mass is 10.0. The molecule has 0 heterocycles. The molecule has 31 heavy (non-hydrogen) atoms. The smallest absolute Gasteiger partial charge is 0.200 e. The predicted molar refractivity (Wildman–Crippen MR) is 112 cm³/mol. The van der Waals surface area contributed by atoms with Gasteiger partial charge in [-0.05, 0) is 35.4 Å². The largest absolute Gasteiger partial charge is 0.504 e. The van der Waals surface area contributed by atoms with E-state index in [2.05, 4.69) is 0 Å². The first-order valence-corrected chi connectivity index (χ1v) is 9.63. The monoisotopic (exact) mass is 438 g/mol. The highest BCUT2D eigenvalue weighted by Crippen LogP contribution is 2.40. The number of phenolic OH excluding ortho intramolecular Hbond substituents is 2. The SMILES string of the molecule is COc1cc(C[C@@H](CO)O[C@@H](CO)[C@@H](OC)c2cc(OC)c(O)c(OC)c2)ccc1O. The van der Waals surface area contributed by atoms with Crippen molar-refractivity contribution in [2.24, 2.45) is 0 Å². The minimum Gasteiger partial charge on any atom is -0.504 e. The van der Waals surface area contributed by atoms with Gasteiger partial charge in [0.05, 0.1) is 40.6 Å². The quantitative estimate of drug-likeness (QED) is 0.392. The number of hydrogen-bond donors (Lipinski definition) is 4. The van der Waals surface area contributed by atoms with Gasteiger partial charge in [0.15, 0.2) is 23.0 Å². The van der Waals surface area contributed by atoms with E-state index < -0.39 is 18.3 Å². The van der Waals surface area contributed by atoms with Crippen LogP contribution in [-0.2, 0) is 15.9 Å². The molecule has 2 aromatic rings. The van der Waals surface area contributed by atoms with Gasteiger partial charge < -0.3 is 44.1 Å². The second-order valence-electron chi connectivity index (χ2n) is 6.80. The second kappa shape index (κ2) is 11.6. The summed E-state index contributed by atoms with van der Waals surface area (Å²) in [5.74, 6) is 0.534. The zero-order valence-electron chi connectivity index (χ0n) is 18.1. The van der Waals surface area contributed by atoms with Gasteiger partial charge >= 0.3 is 0 Å². The van der Waals surface area contributed by atoms with Crippen molar-refractivity contribution in [2.45, 2.75) is 24.7 Å². The maximum Gasteiger partial charge on any atom is 0.200 e. The topological polar surface area (TPSA) is 127 Å². The fourth-order valence-corrected chi connectivity index (χ4v) is 3.31. The van der Waals surface area contributed by atoms with Crippen LogP contribution in [0.4, 0.5) is 0 Å². The maximum absolute atomic E-state index is 10.1. The van der Waals surface area contributed by atoms with E-state index >= 15 is 0 Å². The van der Waals surface area contributed by atoms with Gasteiger partial charge in [-0.3, -0.25) is 0 Å². The van der Waals surface area contributed by atoms with E-state index in [0.717, 1.165) is 5.56 Å². The Labute approximate surface area is 181 Å². The number of aliphatic hydroxyl groups excluding tert-OH is 2. The molecule has 9 heteroatoms. The van der Waals surface area contributed by atoms with E-state index in [0.29, 0.717) is 17.7 Å². The molecule has 0 aliphatic rings. The normalized spacial score (nSPS) is 14.0. The molecule has 0 amide bonds. The van der Waals surface area contributed by atoms with Crippen LogP contribution in [0.1, 0.15) is 17.2 Å². The van der Waals surface area contributed by atoms with Crippen molar-refractivity contribution >= 4 is 0 Å². The molecule has 4 N–H and O–H groups in total. The third kappa shape index (κ3) is 5.92. The van der Waals surface area contributed by atoms with Crippen molar-refractivity contribution in [1.82, 2.24) is 0 Å². The van der Waals surface area contributed by atoms with E-state index in [9.17, 15) is 20.4 Å². The third-order valence-corrected chi connectivity index (χ3v) is 4.88. The second-order valence-corrected chi connectivity index (χ2v) is 6.80. The Bertz CT molecular complexity index is 815. The molecule has 3 atom stereocenters. The molecule has 0 aromatic heterocycles. The first-order chi connectivity index (χ1) is 14.9. The molecular weight excluding hydrogens is 408 g/mol. The number of methoxy groups -OCH3 is 4. The zero-order valence-corrected chi connectivity index (χ0v) is 18.1. The van der Waals surface area contributed by atoms with Gasteiger partial charge in [-0.25, -0.2) is 0 Å². The standard InChI is InChI=1S/C22H30O9/c1-27-17-8-13(5-6-16(17)25)7-15(11-23)31-20(12-24)22(30-4)14-9-18(28-2)21(26)19(10-14)29-3/h5-6,8-10,15,20,22-26H,7,11-12H2,1-4H3/t15-,20-,22-/m0/s1. The Morgan fingerprint density at radius 1 is 0.806 bits per heavy atom. The Morgan fingerprint density at radius 3 is 1.90 bits per heavy atom. The zero-order chi connectivity index (χ0) is 23.0. The van der Waals surface area contributed by atoms with Crippen LogP contribution in [-0.4, -0.2) is 74.3 Å². The molecule has 0 radical (unpaired) electrons. The van der Waals surface area contributed by atoms with Gasteiger partial charge in [-0.1, -0.05) is 6.07 Å². The predicted octanol–water partition coefficient (Wildman–Crippen LogP) is 1.79. The van der Waals surface area contributed by atoms with Gasteiger partial charge in [0.25, 0.3) is 0 Å². The fraction of sp³-hybridized carbons (Fsp3) is 0.455. The third-order valence-electron chi connectivity index (χ3n) is 4.88. The molecule has 2 aromatic carbocycles. The fourth-order valence-electron chi connectivity index (χ4n) is 3.31. The number of hydrogen-bond acceptors (Lipinski definition) is 9. The summed E-state index contributed by atoms with van der Waals surface area (Å²) in [6, 6.07) is 7.98. The van der Waals surface area contributed by atoms with E-state index in [1.54, 1.807) is 24.3 Å². The van der Waals surface area contributed by atoms with E-state index in [1.807, 2.05) is 0 Å². The summed E-state index contributed by atoms with van der Waals surface area (Å²) in [6.07, 6.45) is -1.93. The lowest BCUT2D eigenvalue weighted by Gasteiger charge is -2.29. The molecule has 0 saturated carbocycles. The van der Waals surface area contributed by atoms with Crippen molar-refractivity contribution in [3.05, 3.63) is 41.5 Å². The van der Waals surface area contributed by atoms with Crippen LogP contribution in [0, 0.1) is 0 Å².